The van der Waals surface area contributed by atoms with Crippen LogP contribution < -0.4 is 10.5 Å². The number of aromatic nitrogens is 2. The van der Waals surface area contributed by atoms with Crippen LogP contribution >= 0.6 is 0 Å². The van der Waals surface area contributed by atoms with Crippen LogP contribution in [0.4, 0.5) is 0 Å². The molecule has 0 bridgehead atoms. The summed E-state index contributed by atoms with van der Waals surface area (Å²) >= 11 is 0. The summed E-state index contributed by atoms with van der Waals surface area (Å²) in [6.07, 6.45) is 0. The third-order valence-electron chi connectivity index (χ3n) is 2.73. The molecule has 94 valence electrons. The van der Waals surface area contributed by atoms with E-state index in [4.69, 9.17) is 15.9 Å². The smallest absolute Gasteiger partial charge is 0.124 e. The molecule has 0 radical (unpaired) electrons. The first-order valence-corrected chi connectivity index (χ1v) is 5.59. The fourth-order valence-electron chi connectivity index (χ4n) is 1.91. The molecule has 0 saturated heterocycles. The molecule has 0 aliphatic heterocycles. The Morgan fingerprint density at radius 2 is 2.06 bits per heavy atom. The normalized spacial score (nSPS) is 10.4. The number of aryl methyl sites for hydroxylation is 2. The van der Waals surface area contributed by atoms with E-state index in [-0.39, 0.29) is 5.84 Å². The van der Waals surface area contributed by atoms with E-state index in [9.17, 15) is 0 Å². The highest BCUT2D eigenvalue weighted by atomic mass is 16.5. The van der Waals surface area contributed by atoms with Gasteiger partial charge in [0.25, 0.3) is 0 Å². The molecule has 0 aliphatic rings. The average molecular weight is 244 g/mol. The van der Waals surface area contributed by atoms with Crippen LogP contribution in [0.3, 0.4) is 0 Å². The lowest BCUT2D eigenvalue weighted by Crippen LogP contribution is -2.15. The van der Waals surface area contributed by atoms with Crippen LogP contribution in [-0.2, 0) is 0 Å². The molecule has 0 fully saturated rings. The standard InChI is InChI=1S/C13H16N4O/c1-8-6-9(2)17(16-8)12-7-10(18-3)4-5-11(12)13(14)15/h4-7H,1-3H3,(H3,14,15). The zero-order valence-corrected chi connectivity index (χ0v) is 10.7. The summed E-state index contributed by atoms with van der Waals surface area (Å²) in [5.41, 5.74) is 8.91. The molecule has 0 saturated carbocycles. The maximum absolute atomic E-state index is 7.63. The Morgan fingerprint density at radius 1 is 1.33 bits per heavy atom. The fraction of sp³-hybridized carbons (Fsp3) is 0.231. The molecular weight excluding hydrogens is 228 g/mol. The van der Waals surface area contributed by atoms with Crippen molar-refractivity contribution in [3.8, 4) is 11.4 Å². The number of ether oxygens (including phenoxy) is 1. The van der Waals surface area contributed by atoms with E-state index in [1.54, 1.807) is 23.9 Å². The summed E-state index contributed by atoms with van der Waals surface area (Å²) in [5.74, 6) is 0.725. The lowest BCUT2D eigenvalue weighted by molar-refractivity contribution is 0.414. The van der Waals surface area contributed by atoms with E-state index in [0.29, 0.717) is 11.3 Å². The minimum Gasteiger partial charge on any atom is -0.497 e. The molecule has 0 spiro atoms. The van der Waals surface area contributed by atoms with Crippen molar-refractivity contribution in [1.29, 1.82) is 5.41 Å². The number of nitrogens with zero attached hydrogens (tertiary/aromatic N) is 2. The maximum Gasteiger partial charge on any atom is 0.124 e. The van der Waals surface area contributed by atoms with E-state index in [0.717, 1.165) is 17.1 Å². The Bertz CT molecular complexity index is 601. The number of methoxy groups -OCH3 is 1. The van der Waals surface area contributed by atoms with Gasteiger partial charge in [0.1, 0.15) is 11.6 Å². The number of nitrogens with two attached hydrogens (primary N) is 1. The van der Waals surface area contributed by atoms with Gasteiger partial charge >= 0.3 is 0 Å². The topological polar surface area (TPSA) is 76.9 Å². The second kappa shape index (κ2) is 4.52. The van der Waals surface area contributed by atoms with Crippen LogP contribution in [0.5, 0.6) is 5.75 Å². The van der Waals surface area contributed by atoms with Crippen LogP contribution in [0.2, 0.25) is 0 Å². The summed E-state index contributed by atoms with van der Waals surface area (Å²) in [6, 6.07) is 7.36. The van der Waals surface area contributed by atoms with Crippen LogP contribution in [0.1, 0.15) is 17.0 Å². The summed E-state index contributed by atoms with van der Waals surface area (Å²) in [6.45, 7) is 3.89. The first-order valence-electron chi connectivity index (χ1n) is 5.59. The van der Waals surface area contributed by atoms with Gasteiger partial charge in [-0.25, -0.2) is 4.68 Å². The van der Waals surface area contributed by atoms with Crippen molar-refractivity contribution in [3.05, 3.63) is 41.2 Å². The quantitative estimate of drug-likeness (QED) is 0.638. The predicted octanol–water partition coefficient (Wildman–Crippen LogP) is 1.78. The first kappa shape index (κ1) is 12.2. The minimum atomic E-state index is 0.0141. The van der Waals surface area contributed by atoms with Gasteiger partial charge in [0.2, 0.25) is 0 Å². The zero-order valence-electron chi connectivity index (χ0n) is 10.7. The van der Waals surface area contributed by atoms with E-state index < -0.39 is 0 Å². The average Bonchev–Trinajstić information content (AvgIpc) is 2.67. The van der Waals surface area contributed by atoms with Gasteiger partial charge in [0.05, 0.1) is 18.5 Å². The number of rotatable bonds is 3. The van der Waals surface area contributed by atoms with Gasteiger partial charge < -0.3 is 10.5 Å². The zero-order chi connectivity index (χ0) is 13.3. The number of nitrogen functional groups attached to an aromatic ring is 1. The van der Waals surface area contributed by atoms with Crippen LogP contribution in [0, 0.1) is 19.3 Å². The van der Waals surface area contributed by atoms with Crippen LogP contribution in [0.25, 0.3) is 5.69 Å². The summed E-state index contributed by atoms with van der Waals surface area (Å²) in [7, 11) is 1.60. The number of hydrogen-bond acceptors (Lipinski definition) is 3. The van der Waals surface area contributed by atoms with Gasteiger partial charge in [0, 0.05) is 17.3 Å². The lowest BCUT2D eigenvalue weighted by Gasteiger charge is -2.11. The molecule has 1 aromatic carbocycles. The Hall–Kier alpha value is -2.30. The van der Waals surface area contributed by atoms with E-state index in [1.165, 1.54) is 0 Å². The number of hydrogen-bond donors (Lipinski definition) is 2. The third kappa shape index (κ3) is 2.07. The molecule has 3 N–H and O–H groups in total. The summed E-state index contributed by atoms with van der Waals surface area (Å²) in [4.78, 5) is 0. The van der Waals surface area contributed by atoms with Gasteiger partial charge in [0.15, 0.2) is 0 Å². The van der Waals surface area contributed by atoms with E-state index in [2.05, 4.69) is 5.10 Å². The van der Waals surface area contributed by atoms with Crippen molar-refractivity contribution in [2.45, 2.75) is 13.8 Å². The molecule has 0 unspecified atom stereocenters. The Balaban J connectivity index is 2.67. The monoisotopic (exact) mass is 244 g/mol. The van der Waals surface area contributed by atoms with Crippen LogP contribution in [-0.4, -0.2) is 22.7 Å². The maximum atomic E-state index is 7.63. The molecule has 0 aliphatic carbocycles. The van der Waals surface area contributed by atoms with Crippen molar-refractivity contribution in [3.63, 3.8) is 0 Å². The highest BCUT2D eigenvalue weighted by Gasteiger charge is 2.12. The van der Waals surface area contributed by atoms with Gasteiger partial charge in [-0.3, -0.25) is 5.41 Å². The van der Waals surface area contributed by atoms with Crippen molar-refractivity contribution in [1.82, 2.24) is 9.78 Å². The van der Waals surface area contributed by atoms with Crippen molar-refractivity contribution in [2.75, 3.05) is 7.11 Å². The van der Waals surface area contributed by atoms with Crippen LogP contribution in [0.15, 0.2) is 24.3 Å². The summed E-state index contributed by atoms with van der Waals surface area (Å²) < 4.78 is 6.98. The highest BCUT2D eigenvalue weighted by Crippen LogP contribution is 2.22. The molecule has 5 nitrogen and oxygen atoms in total. The Kier molecular flexibility index (Phi) is 3.06. The predicted molar refractivity (Wildman–Crippen MR) is 70.6 cm³/mol. The lowest BCUT2D eigenvalue weighted by atomic mass is 10.1. The Labute approximate surface area is 106 Å². The summed E-state index contributed by atoms with van der Waals surface area (Å²) in [5, 5.41) is 12.0. The van der Waals surface area contributed by atoms with Crippen molar-refractivity contribution >= 4 is 5.84 Å². The van der Waals surface area contributed by atoms with Gasteiger partial charge in [-0.2, -0.15) is 5.10 Å². The molecule has 0 atom stereocenters. The molecule has 2 rings (SSSR count). The van der Waals surface area contributed by atoms with Gasteiger partial charge in [-0.15, -0.1) is 0 Å². The SMILES string of the molecule is COc1ccc(C(=N)N)c(-n2nc(C)cc2C)c1. The molecule has 18 heavy (non-hydrogen) atoms. The van der Waals surface area contributed by atoms with Gasteiger partial charge in [-0.1, -0.05) is 0 Å². The van der Waals surface area contributed by atoms with Crippen molar-refractivity contribution in [2.24, 2.45) is 5.73 Å². The second-order valence-corrected chi connectivity index (χ2v) is 4.14. The molecule has 0 amide bonds. The highest BCUT2D eigenvalue weighted by molar-refractivity contribution is 5.98. The molecular formula is C13H16N4O. The first-order chi connectivity index (χ1) is 8.52. The number of benzene rings is 1. The van der Waals surface area contributed by atoms with Gasteiger partial charge in [-0.05, 0) is 32.0 Å². The van der Waals surface area contributed by atoms with E-state index >= 15 is 0 Å². The van der Waals surface area contributed by atoms with Crippen molar-refractivity contribution < 1.29 is 4.74 Å². The Morgan fingerprint density at radius 3 is 2.56 bits per heavy atom. The molecule has 1 heterocycles. The molecule has 1 aromatic heterocycles. The number of nitrogens with one attached hydrogen (secondary N) is 1. The fourth-order valence-corrected chi connectivity index (χ4v) is 1.91. The molecule has 5 heteroatoms. The third-order valence-corrected chi connectivity index (χ3v) is 2.73. The molecule has 2 aromatic rings. The second-order valence-electron chi connectivity index (χ2n) is 4.14. The largest absolute Gasteiger partial charge is 0.497 e. The minimum absolute atomic E-state index is 0.0141. The number of amidine groups is 1. The van der Waals surface area contributed by atoms with E-state index in [1.807, 2.05) is 26.0 Å².